The van der Waals surface area contributed by atoms with Crippen LogP contribution in [0.3, 0.4) is 0 Å². The van der Waals surface area contributed by atoms with E-state index in [4.69, 9.17) is 5.21 Å². The van der Waals surface area contributed by atoms with E-state index in [9.17, 15) is 5.11 Å². The molecule has 0 radical (unpaired) electrons. The number of rotatable bonds is 5. The Morgan fingerprint density at radius 3 is 2.67 bits per heavy atom. The van der Waals surface area contributed by atoms with Gasteiger partial charge in [-0.15, -0.1) is 0 Å². The number of aromatic hydroxyl groups is 1. The van der Waals surface area contributed by atoms with Crippen LogP contribution in [0.1, 0.15) is 11.1 Å². The first-order valence-corrected chi connectivity index (χ1v) is 4.96. The van der Waals surface area contributed by atoms with Crippen LogP contribution in [-0.2, 0) is 13.0 Å². The summed E-state index contributed by atoms with van der Waals surface area (Å²) >= 11 is 0. The van der Waals surface area contributed by atoms with Crippen molar-refractivity contribution in [2.24, 2.45) is 0 Å². The molecule has 0 spiro atoms. The molecular weight excluding hydrogens is 192 g/mol. The Kier molecular flexibility index (Phi) is 4.55. The second-order valence-corrected chi connectivity index (χ2v) is 3.85. The molecule has 84 valence electrons. The molecule has 0 bridgehead atoms. The minimum absolute atomic E-state index is 0.213. The number of nitrogens with one attached hydrogen (secondary N) is 1. The van der Waals surface area contributed by atoms with Crippen molar-refractivity contribution >= 4 is 0 Å². The highest BCUT2D eigenvalue weighted by molar-refractivity contribution is 5.36. The van der Waals surface area contributed by atoms with E-state index >= 15 is 0 Å². The lowest BCUT2D eigenvalue weighted by Gasteiger charge is -2.11. The van der Waals surface area contributed by atoms with Crippen LogP contribution in [0.5, 0.6) is 5.75 Å². The monoisotopic (exact) mass is 210 g/mol. The van der Waals surface area contributed by atoms with Gasteiger partial charge in [0.25, 0.3) is 0 Å². The van der Waals surface area contributed by atoms with Crippen molar-refractivity contribution in [2.45, 2.75) is 13.0 Å². The maximum Gasteiger partial charge on any atom is 0.120 e. The Morgan fingerprint density at radius 1 is 1.33 bits per heavy atom. The average molecular weight is 210 g/mol. The molecular formula is C11H18N2O2. The molecule has 0 amide bonds. The smallest absolute Gasteiger partial charge is 0.120 e. The molecule has 15 heavy (non-hydrogen) atoms. The zero-order chi connectivity index (χ0) is 11.3. The van der Waals surface area contributed by atoms with Crippen LogP contribution in [-0.4, -0.2) is 35.9 Å². The zero-order valence-electron chi connectivity index (χ0n) is 9.20. The van der Waals surface area contributed by atoms with Crippen molar-refractivity contribution in [1.82, 2.24) is 10.4 Å². The van der Waals surface area contributed by atoms with Gasteiger partial charge in [0.15, 0.2) is 0 Å². The van der Waals surface area contributed by atoms with Gasteiger partial charge in [-0.3, -0.25) is 0 Å². The lowest BCUT2D eigenvalue weighted by molar-refractivity contribution is 0.160. The van der Waals surface area contributed by atoms with Gasteiger partial charge in [-0.05, 0) is 32.1 Å². The number of benzene rings is 1. The lowest BCUT2D eigenvalue weighted by atomic mass is 10.1. The molecule has 0 saturated heterocycles. The summed E-state index contributed by atoms with van der Waals surface area (Å²) in [6.45, 7) is 1.23. The Balaban J connectivity index is 2.69. The van der Waals surface area contributed by atoms with Gasteiger partial charge < -0.3 is 15.2 Å². The van der Waals surface area contributed by atoms with Crippen molar-refractivity contribution in [3.8, 4) is 5.75 Å². The van der Waals surface area contributed by atoms with E-state index in [1.807, 2.05) is 31.7 Å². The normalized spacial score (nSPS) is 10.9. The standard InChI is InChI=1S/C11H18N2O2/c1-13(2)6-5-9-3-4-11(14)10(7-9)8-12-15/h3-4,7,12,14-15H,5-6,8H2,1-2H3. The lowest BCUT2D eigenvalue weighted by Crippen LogP contribution is -2.15. The maximum atomic E-state index is 9.48. The van der Waals surface area contributed by atoms with Gasteiger partial charge in [-0.25, -0.2) is 5.48 Å². The van der Waals surface area contributed by atoms with E-state index in [0.717, 1.165) is 18.5 Å². The largest absolute Gasteiger partial charge is 0.508 e. The van der Waals surface area contributed by atoms with Gasteiger partial charge in [0.1, 0.15) is 5.75 Å². The van der Waals surface area contributed by atoms with E-state index in [0.29, 0.717) is 5.56 Å². The second-order valence-electron chi connectivity index (χ2n) is 3.85. The van der Waals surface area contributed by atoms with Crippen LogP contribution in [0.15, 0.2) is 18.2 Å². The quantitative estimate of drug-likeness (QED) is 0.634. The first-order valence-electron chi connectivity index (χ1n) is 4.96. The molecule has 0 aliphatic carbocycles. The highest BCUT2D eigenvalue weighted by Gasteiger charge is 2.02. The number of hydrogen-bond donors (Lipinski definition) is 3. The van der Waals surface area contributed by atoms with Crippen molar-refractivity contribution in [3.63, 3.8) is 0 Å². The van der Waals surface area contributed by atoms with Crippen LogP contribution in [0.4, 0.5) is 0 Å². The molecule has 1 rings (SSSR count). The van der Waals surface area contributed by atoms with Crippen LogP contribution >= 0.6 is 0 Å². The second kappa shape index (κ2) is 5.70. The van der Waals surface area contributed by atoms with E-state index in [1.165, 1.54) is 0 Å². The molecule has 0 fully saturated rings. The summed E-state index contributed by atoms with van der Waals surface area (Å²) in [6.07, 6.45) is 0.936. The molecule has 4 nitrogen and oxygen atoms in total. The molecule has 0 heterocycles. The summed E-state index contributed by atoms with van der Waals surface area (Å²) in [5, 5.41) is 18.1. The predicted molar refractivity (Wildman–Crippen MR) is 59.0 cm³/mol. The number of phenols is 1. The average Bonchev–Trinajstić information content (AvgIpc) is 2.19. The molecule has 0 saturated carbocycles. The summed E-state index contributed by atoms with van der Waals surface area (Å²) in [6, 6.07) is 5.47. The first kappa shape index (κ1) is 12.0. The van der Waals surface area contributed by atoms with Crippen LogP contribution in [0.2, 0.25) is 0 Å². The highest BCUT2D eigenvalue weighted by atomic mass is 16.5. The third kappa shape index (κ3) is 3.87. The molecule has 3 N–H and O–H groups in total. The van der Waals surface area contributed by atoms with Crippen molar-refractivity contribution in [2.75, 3.05) is 20.6 Å². The Bertz CT molecular complexity index is 313. The molecule has 0 unspecified atom stereocenters. The molecule has 4 heteroatoms. The summed E-state index contributed by atoms with van der Waals surface area (Å²) in [5.41, 5.74) is 3.92. The van der Waals surface area contributed by atoms with Gasteiger partial charge in [0, 0.05) is 18.7 Å². The van der Waals surface area contributed by atoms with Crippen molar-refractivity contribution < 1.29 is 10.3 Å². The SMILES string of the molecule is CN(C)CCc1ccc(O)c(CNO)c1. The third-order valence-corrected chi connectivity index (χ3v) is 2.26. The minimum Gasteiger partial charge on any atom is -0.508 e. The fourth-order valence-corrected chi connectivity index (χ4v) is 1.37. The third-order valence-electron chi connectivity index (χ3n) is 2.26. The van der Waals surface area contributed by atoms with E-state index in [-0.39, 0.29) is 12.3 Å². The van der Waals surface area contributed by atoms with Crippen LogP contribution in [0.25, 0.3) is 0 Å². The Labute approximate surface area is 90.1 Å². The van der Waals surface area contributed by atoms with Crippen molar-refractivity contribution in [1.29, 1.82) is 0 Å². The van der Waals surface area contributed by atoms with Crippen molar-refractivity contribution in [3.05, 3.63) is 29.3 Å². The number of hydroxylamine groups is 1. The van der Waals surface area contributed by atoms with Gasteiger partial charge >= 0.3 is 0 Å². The number of likely N-dealkylation sites (N-methyl/N-ethyl adjacent to an activating group) is 1. The zero-order valence-corrected chi connectivity index (χ0v) is 9.20. The Hall–Kier alpha value is -1.10. The molecule has 1 aromatic carbocycles. The predicted octanol–water partition coefficient (Wildman–Crippen LogP) is 0.975. The van der Waals surface area contributed by atoms with Gasteiger partial charge in [-0.1, -0.05) is 12.1 Å². The van der Waals surface area contributed by atoms with Crippen LogP contribution < -0.4 is 5.48 Å². The van der Waals surface area contributed by atoms with Gasteiger partial charge in [-0.2, -0.15) is 0 Å². The number of hydrogen-bond acceptors (Lipinski definition) is 4. The van der Waals surface area contributed by atoms with Gasteiger partial charge in [0.2, 0.25) is 0 Å². The van der Waals surface area contributed by atoms with E-state index in [2.05, 4.69) is 4.90 Å². The fraction of sp³-hybridized carbons (Fsp3) is 0.455. The molecule has 0 atom stereocenters. The highest BCUT2D eigenvalue weighted by Crippen LogP contribution is 2.18. The molecule has 1 aromatic rings. The summed E-state index contributed by atoms with van der Waals surface area (Å²) < 4.78 is 0. The molecule has 0 aliphatic heterocycles. The topological polar surface area (TPSA) is 55.7 Å². The number of phenolic OH excluding ortho intramolecular Hbond substituents is 1. The van der Waals surface area contributed by atoms with Crippen LogP contribution in [0, 0.1) is 0 Å². The fourth-order valence-electron chi connectivity index (χ4n) is 1.37. The summed E-state index contributed by atoms with van der Waals surface area (Å²) in [4.78, 5) is 2.11. The molecule has 0 aromatic heterocycles. The summed E-state index contributed by atoms with van der Waals surface area (Å²) in [7, 11) is 4.05. The Morgan fingerprint density at radius 2 is 2.07 bits per heavy atom. The number of nitrogens with zero attached hydrogens (tertiary/aromatic N) is 1. The van der Waals surface area contributed by atoms with E-state index < -0.39 is 0 Å². The molecule has 0 aliphatic rings. The minimum atomic E-state index is 0.213. The summed E-state index contributed by atoms with van der Waals surface area (Å²) in [5.74, 6) is 0.213. The maximum absolute atomic E-state index is 9.48. The first-order chi connectivity index (χ1) is 7.13. The van der Waals surface area contributed by atoms with Gasteiger partial charge in [0.05, 0.1) is 0 Å². The van der Waals surface area contributed by atoms with E-state index in [1.54, 1.807) is 6.07 Å².